The molecular weight excluding hydrogens is 290 g/mol. The number of nitrogens with one attached hydrogen (secondary N) is 2. The maximum Gasteiger partial charge on any atom is 0.257 e. The molecule has 2 rings (SSSR count). The van der Waals surface area contributed by atoms with Crippen molar-refractivity contribution in [1.82, 2.24) is 0 Å². The third-order valence-corrected chi connectivity index (χ3v) is 3.33. The predicted molar refractivity (Wildman–Crippen MR) is 89.2 cm³/mol. The number of carbonyl (C=O) groups is 2. The first kappa shape index (κ1) is 16.2. The number of nitrogens with zero attached hydrogens (tertiary/aromatic N) is 1. The van der Waals surface area contributed by atoms with E-state index in [2.05, 4.69) is 10.6 Å². The number of hydrogen-bond donors (Lipinski definition) is 2. The Kier molecular flexibility index (Phi) is 5.11. The molecular formula is C18H17N3O2. The van der Waals surface area contributed by atoms with Crippen LogP contribution in [0, 0.1) is 25.2 Å². The Balaban J connectivity index is 2.24. The summed E-state index contributed by atoms with van der Waals surface area (Å²) in [5, 5.41) is 14.0. The second-order valence-electron chi connectivity index (χ2n) is 5.20. The lowest BCUT2D eigenvalue weighted by Gasteiger charge is -2.12. The van der Waals surface area contributed by atoms with Crippen LogP contribution in [0.15, 0.2) is 42.5 Å². The van der Waals surface area contributed by atoms with Crippen molar-refractivity contribution < 1.29 is 9.59 Å². The summed E-state index contributed by atoms with van der Waals surface area (Å²) < 4.78 is 0. The monoisotopic (exact) mass is 307 g/mol. The van der Waals surface area contributed by atoms with Crippen molar-refractivity contribution in [3.05, 3.63) is 59.2 Å². The average Bonchev–Trinajstić information content (AvgIpc) is 2.51. The Morgan fingerprint density at radius 1 is 1.04 bits per heavy atom. The summed E-state index contributed by atoms with van der Waals surface area (Å²) in [6.07, 6.45) is -0.257. The number of amides is 2. The van der Waals surface area contributed by atoms with Crippen LogP contribution in [0.2, 0.25) is 0 Å². The van der Waals surface area contributed by atoms with E-state index in [4.69, 9.17) is 5.26 Å². The van der Waals surface area contributed by atoms with Gasteiger partial charge in [0.2, 0.25) is 5.91 Å². The number of carbonyl (C=O) groups excluding carboxylic acids is 2. The summed E-state index contributed by atoms with van der Waals surface area (Å²) in [6.45, 7) is 3.86. The van der Waals surface area contributed by atoms with Crippen LogP contribution in [0.1, 0.15) is 27.9 Å². The van der Waals surface area contributed by atoms with Crippen LogP contribution in [0.4, 0.5) is 11.4 Å². The lowest BCUT2D eigenvalue weighted by atomic mass is 10.1. The quantitative estimate of drug-likeness (QED) is 0.908. The molecule has 0 radical (unpaired) electrons. The van der Waals surface area contributed by atoms with Crippen LogP contribution >= 0.6 is 0 Å². The third-order valence-electron chi connectivity index (χ3n) is 3.33. The SMILES string of the molecule is Cc1ccc(C)c(NC(=O)c2ccccc2NC(=O)CC#N)c1. The summed E-state index contributed by atoms with van der Waals surface area (Å²) in [6, 6.07) is 14.3. The second-order valence-corrected chi connectivity index (χ2v) is 5.20. The van der Waals surface area contributed by atoms with Gasteiger partial charge in [0.05, 0.1) is 17.3 Å². The smallest absolute Gasteiger partial charge is 0.257 e. The molecule has 0 aromatic heterocycles. The van der Waals surface area contributed by atoms with E-state index in [0.717, 1.165) is 16.8 Å². The summed E-state index contributed by atoms with van der Waals surface area (Å²) in [5.74, 6) is -0.758. The molecule has 23 heavy (non-hydrogen) atoms. The molecule has 0 unspecified atom stereocenters. The van der Waals surface area contributed by atoms with E-state index in [1.807, 2.05) is 32.0 Å². The number of benzene rings is 2. The highest BCUT2D eigenvalue weighted by Crippen LogP contribution is 2.20. The zero-order valence-electron chi connectivity index (χ0n) is 13.0. The van der Waals surface area contributed by atoms with Crippen molar-refractivity contribution in [3.8, 4) is 6.07 Å². The van der Waals surface area contributed by atoms with Crippen molar-refractivity contribution in [1.29, 1.82) is 5.26 Å². The highest BCUT2D eigenvalue weighted by Gasteiger charge is 2.14. The van der Waals surface area contributed by atoms with E-state index >= 15 is 0 Å². The normalized spacial score (nSPS) is 9.78. The summed E-state index contributed by atoms with van der Waals surface area (Å²) in [7, 11) is 0. The molecule has 0 aliphatic rings. The Morgan fingerprint density at radius 2 is 1.78 bits per heavy atom. The average molecular weight is 307 g/mol. The van der Waals surface area contributed by atoms with Gasteiger partial charge in [-0.25, -0.2) is 0 Å². The van der Waals surface area contributed by atoms with E-state index < -0.39 is 5.91 Å². The number of rotatable bonds is 4. The second kappa shape index (κ2) is 7.23. The molecule has 116 valence electrons. The van der Waals surface area contributed by atoms with Gasteiger partial charge >= 0.3 is 0 Å². The van der Waals surface area contributed by atoms with E-state index in [1.54, 1.807) is 30.3 Å². The van der Waals surface area contributed by atoms with Crippen molar-refractivity contribution in [2.45, 2.75) is 20.3 Å². The van der Waals surface area contributed by atoms with Crippen LogP contribution in [0.3, 0.4) is 0 Å². The van der Waals surface area contributed by atoms with Gasteiger partial charge in [-0.15, -0.1) is 0 Å². The van der Waals surface area contributed by atoms with Crippen LogP contribution in [-0.2, 0) is 4.79 Å². The lowest BCUT2D eigenvalue weighted by molar-refractivity contribution is -0.115. The van der Waals surface area contributed by atoms with E-state index in [9.17, 15) is 9.59 Å². The fourth-order valence-electron chi connectivity index (χ4n) is 2.12. The largest absolute Gasteiger partial charge is 0.324 e. The molecule has 2 amide bonds. The maximum atomic E-state index is 12.5. The number of hydrogen-bond acceptors (Lipinski definition) is 3. The molecule has 0 aliphatic heterocycles. The molecule has 0 fully saturated rings. The molecule has 2 aromatic rings. The summed E-state index contributed by atoms with van der Waals surface area (Å²) in [5.41, 5.74) is 3.46. The fourth-order valence-corrected chi connectivity index (χ4v) is 2.12. The van der Waals surface area contributed by atoms with Crippen LogP contribution in [-0.4, -0.2) is 11.8 Å². The van der Waals surface area contributed by atoms with E-state index in [-0.39, 0.29) is 12.3 Å². The Morgan fingerprint density at radius 3 is 2.52 bits per heavy atom. The first-order valence-electron chi connectivity index (χ1n) is 7.15. The van der Waals surface area contributed by atoms with Gasteiger partial charge in [0.25, 0.3) is 5.91 Å². The predicted octanol–water partition coefficient (Wildman–Crippen LogP) is 3.41. The highest BCUT2D eigenvalue weighted by molar-refractivity contribution is 6.10. The van der Waals surface area contributed by atoms with Crippen LogP contribution in [0.5, 0.6) is 0 Å². The van der Waals surface area contributed by atoms with Gasteiger partial charge in [-0.1, -0.05) is 24.3 Å². The maximum absolute atomic E-state index is 12.5. The molecule has 0 heterocycles. The summed E-state index contributed by atoms with van der Waals surface area (Å²) in [4.78, 5) is 24.1. The van der Waals surface area contributed by atoms with Gasteiger partial charge in [0.1, 0.15) is 6.42 Å². The zero-order valence-corrected chi connectivity index (χ0v) is 13.0. The molecule has 0 atom stereocenters. The molecule has 0 spiro atoms. The molecule has 5 heteroatoms. The minimum atomic E-state index is -0.445. The van der Waals surface area contributed by atoms with E-state index in [0.29, 0.717) is 11.3 Å². The fraction of sp³-hybridized carbons (Fsp3) is 0.167. The van der Waals surface area contributed by atoms with Gasteiger partial charge < -0.3 is 10.6 Å². The minimum Gasteiger partial charge on any atom is -0.324 e. The van der Waals surface area contributed by atoms with Gasteiger partial charge in [0, 0.05) is 5.69 Å². The Labute approximate surface area is 134 Å². The molecule has 0 saturated heterocycles. The highest BCUT2D eigenvalue weighted by atomic mass is 16.2. The molecule has 0 saturated carbocycles. The van der Waals surface area contributed by atoms with E-state index in [1.165, 1.54) is 0 Å². The molecule has 0 aliphatic carbocycles. The summed E-state index contributed by atoms with van der Waals surface area (Å²) >= 11 is 0. The molecule has 5 nitrogen and oxygen atoms in total. The van der Waals surface area contributed by atoms with Gasteiger partial charge in [-0.05, 0) is 43.2 Å². The van der Waals surface area contributed by atoms with Gasteiger partial charge in [0.15, 0.2) is 0 Å². The number of para-hydroxylation sites is 1. The zero-order chi connectivity index (χ0) is 16.8. The molecule has 2 aromatic carbocycles. The lowest BCUT2D eigenvalue weighted by Crippen LogP contribution is -2.18. The van der Waals surface area contributed by atoms with Crippen molar-refractivity contribution in [2.75, 3.05) is 10.6 Å². The molecule has 0 bridgehead atoms. The Bertz CT molecular complexity index is 791. The first-order valence-corrected chi connectivity index (χ1v) is 7.15. The standard InChI is InChI=1S/C18H17N3O2/c1-12-7-8-13(2)16(11-12)21-18(23)14-5-3-4-6-15(14)20-17(22)9-10-19/h3-8,11H,9H2,1-2H3,(H,20,22)(H,21,23). The number of nitriles is 1. The minimum absolute atomic E-state index is 0.257. The first-order chi connectivity index (χ1) is 11.0. The van der Waals surface area contributed by atoms with Gasteiger partial charge in [-0.2, -0.15) is 5.26 Å². The number of aryl methyl sites for hydroxylation is 2. The topological polar surface area (TPSA) is 82.0 Å². The number of anilines is 2. The Hall–Kier alpha value is -3.13. The van der Waals surface area contributed by atoms with Crippen LogP contribution in [0.25, 0.3) is 0 Å². The van der Waals surface area contributed by atoms with Gasteiger partial charge in [-0.3, -0.25) is 9.59 Å². The third kappa shape index (κ3) is 4.17. The molecule has 2 N–H and O–H groups in total. The van der Waals surface area contributed by atoms with Crippen LogP contribution < -0.4 is 10.6 Å². The van der Waals surface area contributed by atoms with Crippen molar-refractivity contribution in [3.63, 3.8) is 0 Å². The van der Waals surface area contributed by atoms with Crippen molar-refractivity contribution >= 4 is 23.2 Å². The van der Waals surface area contributed by atoms with Crippen molar-refractivity contribution in [2.24, 2.45) is 0 Å².